The molecule has 30 heavy (non-hydrogen) atoms. The first-order valence-electron chi connectivity index (χ1n) is 10.1. The minimum Gasteiger partial charge on any atom is -0.469 e. The highest BCUT2D eigenvalue weighted by atomic mass is 16.8. The molecule has 2 fully saturated rings. The van der Waals surface area contributed by atoms with Crippen molar-refractivity contribution in [2.75, 3.05) is 20.3 Å². The van der Waals surface area contributed by atoms with Gasteiger partial charge in [-0.2, -0.15) is 0 Å². The summed E-state index contributed by atoms with van der Waals surface area (Å²) in [5, 5.41) is 3.63. The Bertz CT molecular complexity index is 752. The molecule has 2 aliphatic heterocycles. The number of hydrogen-bond acceptors (Lipinski definition) is 7. The van der Waals surface area contributed by atoms with Gasteiger partial charge in [0.05, 0.1) is 38.9 Å². The van der Waals surface area contributed by atoms with Crippen LogP contribution in [-0.4, -0.2) is 56.4 Å². The van der Waals surface area contributed by atoms with Gasteiger partial charge in [0.2, 0.25) is 0 Å². The first-order chi connectivity index (χ1) is 14.4. The van der Waals surface area contributed by atoms with Crippen molar-refractivity contribution < 1.29 is 28.5 Å². The summed E-state index contributed by atoms with van der Waals surface area (Å²) in [5.41, 5.74) is 9.73. The maximum atomic E-state index is 11.9. The molecule has 0 unspecified atom stereocenters. The molecule has 0 saturated carbocycles. The summed E-state index contributed by atoms with van der Waals surface area (Å²) in [6, 6.07) is 9.93. The lowest BCUT2D eigenvalue weighted by molar-refractivity contribution is -0.147. The molecule has 0 radical (unpaired) electrons. The zero-order valence-electron chi connectivity index (χ0n) is 17.6. The number of epoxide rings is 1. The largest absolute Gasteiger partial charge is 0.469 e. The van der Waals surface area contributed by atoms with Gasteiger partial charge in [0, 0.05) is 17.4 Å². The molecule has 0 amide bonds. The second-order valence-corrected chi connectivity index (χ2v) is 7.98. The van der Waals surface area contributed by atoms with Gasteiger partial charge in [-0.3, -0.25) is 4.79 Å². The van der Waals surface area contributed by atoms with Crippen LogP contribution in [0.2, 0.25) is 0 Å². The quantitative estimate of drug-likeness (QED) is 0.136. The van der Waals surface area contributed by atoms with Crippen LogP contribution in [0.1, 0.15) is 32.3 Å². The van der Waals surface area contributed by atoms with Crippen molar-refractivity contribution in [1.82, 2.24) is 0 Å². The average molecular weight is 419 g/mol. The Morgan fingerprint density at radius 1 is 1.27 bits per heavy atom. The number of esters is 1. The van der Waals surface area contributed by atoms with Crippen LogP contribution in [-0.2, 0) is 35.1 Å². The fraction of sp³-hybridized carbons (Fsp3) is 0.667. The number of rotatable bonds is 11. The van der Waals surface area contributed by atoms with Crippen molar-refractivity contribution in [3.05, 3.63) is 46.3 Å². The minimum atomic E-state index is -0.784. The highest BCUT2D eigenvalue weighted by Gasteiger charge is 2.57. The number of carbonyl (C=O) groups is 1. The molecule has 0 aromatic heterocycles. The van der Waals surface area contributed by atoms with Gasteiger partial charge in [-0.05, 0) is 31.4 Å². The van der Waals surface area contributed by atoms with Crippen molar-refractivity contribution in [2.45, 2.75) is 63.5 Å². The molecule has 2 saturated heterocycles. The Labute approximate surface area is 176 Å². The highest BCUT2D eigenvalue weighted by Crippen LogP contribution is 2.43. The van der Waals surface area contributed by atoms with Crippen LogP contribution in [0.3, 0.4) is 0 Å². The topological polar surface area (TPSA) is 115 Å². The normalized spacial score (nSPS) is 27.8. The lowest BCUT2D eigenvalue weighted by atomic mass is 9.93. The maximum absolute atomic E-state index is 11.9. The van der Waals surface area contributed by atoms with Crippen LogP contribution in [0, 0.1) is 5.92 Å². The first kappa shape index (κ1) is 22.5. The van der Waals surface area contributed by atoms with E-state index >= 15 is 0 Å². The molecule has 2 heterocycles. The minimum absolute atomic E-state index is 0.0642. The van der Waals surface area contributed by atoms with E-state index in [2.05, 4.69) is 10.0 Å². The third-order valence-corrected chi connectivity index (χ3v) is 5.30. The number of hydrogen-bond donors (Lipinski definition) is 0. The third-order valence-electron chi connectivity index (χ3n) is 5.30. The van der Waals surface area contributed by atoms with Crippen molar-refractivity contribution >= 4 is 5.97 Å². The number of ether oxygens (including phenoxy) is 5. The van der Waals surface area contributed by atoms with E-state index in [9.17, 15) is 4.79 Å². The molecule has 1 aromatic rings. The monoisotopic (exact) mass is 419 g/mol. The standard InChI is InChI=1S/C21H29N3O6/c1-21(2)29-16(12-23-24-22)19(30-21)20-18(28-20)15(11-17(25)26-3)9-10-27-13-14-7-5-4-6-8-14/h4-8,15-16,18-20H,9-13H2,1-3H3/t15-,16+,18+,19+,20-/m0/s1. The predicted octanol–water partition coefficient (Wildman–Crippen LogP) is 3.37. The van der Waals surface area contributed by atoms with Gasteiger partial charge in [0.1, 0.15) is 12.2 Å². The van der Waals surface area contributed by atoms with Crippen LogP contribution in [0.15, 0.2) is 35.4 Å². The van der Waals surface area contributed by atoms with Crippen molar-refractivity contribution in [2.24, 2.45) is 11.0 Å². The van der Waals surface area contributed by atoms with Gasteiger partial charge in [0.25, 0.3) is 0 Å². The van der Waals surface area contributed by atoms with Crippen LogP contribution in [0.4, 0.5) is 0 Å². The molecule has 0 spiro atoms. The molecule has 9 heteroatoms. The summed E-state index contributed by atoms with van der Waals surface area (Å²) in [4.78, 5) is 14.7. The maximum Gasteiger partial charge on any atom is 0.305 e. The highest BCUT2D eigenvalue weighted by molar-refractivity contribution is 5.69. The van der Waals surface area contributed by atoms with Crippen molar-refractivity contribution in [3.8, 4) is 0 Å². The summed E-state index contributed by atoms with van der Waals surface area (Å²) in [5.74, 6) is -1.13. The molecule has 0 aliphatic carbocycles. The fourth-order valence-corrected chi connectivity index (χ4v) is 3.86. The van der Waals surface area contributed by atoms with E-state index in [4.69, 9.17) is 29.2 Å². The fourth-order valence-electron chi connectivity index (χ4n) is 3.86. The van der Waals surface area contributed by atoms with Crippen LogP contribution < -0.4 is 0 Å². The Balaban J connectivity index is 1.56. The third kappa shape index (κ3) is 6.17. The van der Waals surface area contributed by atoms with Crippen LogP contribution in [0.5, 0.6) is 0 Å². The molecule has 9 nitrogen and oxygen atoms in total. The van der Waals surface area contributed by atoms with Gasteiger partial charge in [0.15, 0.2) is 5.79 Å². The van der Waals surface area contributed by atoms with Gasteiger partial charge >= 0.3 is 5.97 Å². The molecule has 2 aliphatic rings. The van der Waals surface area contributed by atoms with Crippen molar-refractivity contribution in [1.29, 1.82) is 0 Å². The molecule has 5 atom stereocenters. The second kappa shape index (κ2) is 10.2. The van der Waals surface area contributed by atoms with Gasteiger partial charge in [-0.25, -0.2) is 0 Å². The second-order valence-electron chi connectivity index (χ2n) is 7.98. The predicted molar refractivity (Wildman–Crippen MR) is 107 cm³/mol. The summed E-state index contributed by atoms with van der Waals surface area (Å²) in [6.07, 6.45) is -0.249. The summed E-state index contributed by atoms with van der Waals surface area (Å²) in [6.45, 7) is 4.81. The smallest absolute Gasteiger partial charge is 0.305 e. The van der Waals surface area contributed by atoms with Crippen LogP contribution >= 0.6 is 0 Å². The summed E-state index contributed by atoms with van der Waals surface area (Å²) >= 11 is 0. The molecule has 1 aromatic carbocycles. The van der Waals surface area contributed by atoms with Crippen LogP contribution in [0.25, 0.3) is 10.4 Å². The van der Waals surface area contributed by atoms with Gasteiger partial charge in [-0.1, -0.05) is 35.4 Å². The number of nitrogens with zero attached hydrogens (tertiary/aromatic N) is 3. The number of azide groups is 1. The average Bonchev–Trinajstić information content (AvgIpc) is 3.46. The zero-order valence-corrected chi connectivity index (χ0v) is 17.6. The molecule has 0 N–H and O–H groups in total. The zero-order chi connectivity index (χ0) is 21.6. The van der Waals surface area contributed by atoms with E-state index in [-0.39, 0.29) is 49.3 Å². The summed E-state index contributed by atoms with van der Waals surface area (Å²) < 4.78 is 28.4. The molecular weight excluding hydrogens is 390 g/mol. The van der Waals surface area contributed by atoms with Gasteiger partial charge in [-0.15, -0.1) is 0 Å². The summed E-state index contributed by atoms with van der Waals surface area (Å²) in [7, 11) is 1.38. The van der Waals surface area contributed by atoms with E-state index in [1.165, 1.54) is 7.11 Å². The molecular formula is C21H29N3O6. The Kier molecular flexibility index (Phi) is 7.69. The Hall–Kier alpha value is -2.16. The first-order valence-corrected chi connectivity index (χ1v) is 10.1. The van der Waals surface area contributed by atoms with E-state index in [1.54, 1.807) is 0 Å². The number of benzene rings is 1. The van der Waals surface area contributed by atoms with E-state index in [1.807, 2.05) is 44.2 Å². The lowest BCUT2D eigenvalue weighted by Gasteiger charge is -2.17. The number of methoxy groups -OCH3 is 1. The SMILES string of the molecule is COC(=O)C[C@H](CCOCc1ccccc1)[C@H]1O[C@@H]1[C@@H]1OC(C)(C)O[C@@H]1CN=[N+]=[N-]. The van der Waals surface area contributed by atoms with Gasteiger partial charge < -0.3 is 23.7 Å². The van der Waals surface area contributed by atoms with E-state index in [0.717, 1.165) is 5.56 Å². The van der Waals surface area contributed by atoms with E-state index in [0.29, 0.717) is 19.6 Å². The Morgan fingerprint density at radius 2 is 2.03 bits per heavy atom. The Morgan fingerprint density at radius 3 is 2.73 bits per heavy atom. The number of carbonyl (C=O) groups excluding carboxylic acids is 1. The molecule has 3 rings (SSSR count). The molecule has 0 bridgehead atoms. The van der Waals surface area contributed by atoms with Crippen molar-refractivity contribution in [3.63, 3.8) is 0 Å². The molecule has 164 valence electrons. The lowest BCUT2D eigenvalue weighted by Crippen LogP contribution is -2.33. The van der Waals surface area contributed by atoms with E-state index < -0.39 is 5.79 Å².